The van der Waals surface area contributed by atoms with E-state index in [2.05, 4.69) is 10.3 Å². The lowest BCUT2D eigenvalue weighted by molar-refractivity contribution is 0.0448. The van der Waals surface area contributed by atoms with Gasteiger partial charge in [0, 0.05) is 19.5 Å². The van der Waals surface area contributed by atoms with Gasteiger partial charge < -0.3 is 10.0 Å². The highest BCUT2D eigenvalue weighted by molar-refractivity contribution is 5.91. The van der Waals surface area contributed by atoms with Crippen LogP contribution in [-0.2, 0) is 0 Å². The Bertz CT molecular complexity index is 713. The van der Waals surface area contributed by atoms with Crippen molar-refractivity contribution in [2.24, 2.45) is 5.92 Å². The van der Waals surface area contributed by atoms with E-state index in [0.29, 0.717) is 12.2 Å². The van der Waals surface area contributed by atoms with E-state index in [1.165, 1.54) is 0 Å². The fraction of sp³-hybridized carbons (Fsp3) is 0.500. The van der Waals surface area contributed by atoms with E-state index < -0.39 is 0 Å². The van der Waals surface area contributed by atoms with E-state index >= 15 is 0 Å². The number of benzene rings is 1. The summed E-state index contributed by atoms with van der Waals surface area (Å²) >= 11 is 0. The van der Waals surface area contributed by atoms with Crippen molar-refractivity contribution in [2.45, 2.75) is 38.7 Å². The van der Waals surface area contributed by atoms with Gasteiger partial charge in [0.2, 0.25) is 0 Å². The van der Waals surface area contributed by atoms with Crippen LogP contribution in [0.25, 0.3) is 5.69 Å². The van der Waals surface area contributed by atoms with E-state index in [9.17, 15) is 9.90 Å². The summed E-state index contributed by atoms with van der Waals surface area (Å²) in [6.45, 7) is 2.56. The molecule has 0 aliphatic heterocycles. The zero-order chi connectivity index (χ0) is 17.1. The number of aliphatic hydroxyl groups excluding tert-OH is 1. The standard InChI is InChI=1S/C18H24N4O2/c1-13-6-5-8-15(10-13)22-12-16(19-20-22)18(24)21(2)11-14-7-3-4-9-17(14)23/h5-6,8,10,12,14,17,23H,3-4,7,9,11H2,1-2H3. The molecule has 128 valence electrons. The van der Waals surface area contributed by atoms with Gasteiger partial charge in [-0.25, -0.2) is 4.68 Å². The van der Waals surface area contributed by atoms with Gasteiger partial charge in [-0.3, -0.25) is 4.79 Å². The van der Waals surface area contributed by atoms with Crippen molar-refractivity contribution in [3.8, 4) is 5.69 Å². The predicted octanol–water partition coefficient (Wildman–Crippen LogP) is 2.20. The Morgan fingerprint density at radius 3 is 2.92 bits per heavy atom. The minimum absolute atomic E-state index is 0.152. The van der Waals surface area contributed by atoms with Gasteiger partial charge in [-0.2, -0.15) is 0 Å². The molecule has 1 aliphatic carbocycles. The average Bonchev–Trinajstić information content (AvgIpc) is 3.06. The number of hydrogen-bond donors (Lipinski definition) is 1. The summed E-state index contributed by atoms with van der Waals surface area (Å²) in [5, 5.41) is 18.2. The molecule has 2 unspecified atom stereocenters. The van der Waals surface area contributed by atoms with Crippen molar-refractivity contribution in [1.82, 2.24) is 19.9 Å². The van der Waals surface area contributed by atoms with Crippen LogP contribution in [0.4, 0.5) is 0 Å². The van der Waals surface area contributed by atoms with Crippen LogP contribution in [0, 0.1) is 12.8 Å². The lowest BCUT2D eigenvalue weighted by Gasteiger charge is -2.30. The van der Waals surface area contributed by atoms with Crippen LogP contribution in [0.1, 0.15) is 41.7 Å². The molecule has 1 aromatic carbocycles. The predicted molar refractivity (Wildman–Crippen MR) is 91.0 cm³/mol. The molecule has 2 atom stereocenters. The van der Waals surface area contributed by atoms with Gasteiger partial charge in [-0.05, 0) is 37.5 Å². The van der Waals surface area contributed by atoms with Crippen molar-refractivity contribution in [2.75, 3.05) is 13.6 Å². The lowest BCUT2D eigenvalue weighted by atomic mass is 9.86. The molecular formula is C18H24N4O2. The molecule has 1 amide bonds. The molecule has 24 heavy (non-hydrogen) atoms. The number of aromatic nitrogens is 3. The number of carbonyl (C=O) groups is 1. The molecule has 6 heteroatoms. The van der Waals surface area contributed by atoms with Crippen LogP contribution in [0.5, 0.6) is 0 Å². The Morgan fingerprint density at radius 2 is 2.17 bits per heavy atom. The quantitative estimate of drug-likeness (QED) is 0.934. The Kier molecular flexibility index (Phi) is 4.94. The van der Waals surface area contributed by atoms with Gasteiger partial charge in [-0.1, -0.05) is 30.2 Å². The maximum atomic E-state index is 12.6. The van der Waals surface area contributed by atoms with Crippen LogP contribution in [0.15, 0.2) is 30.5 Å². The molecule has 0 saturated heterocycles. The van der Waals surface area contributed by atoms with Crippen LogP contribution < -0.4 is 0 Å². The van der Waals surface area contributed by atoms with Crippen molar-refractivity contribution in [3.05, 3.63) is 41.7 Å². The molecule has 2 aromatic rings. The van der Waals surface area contributed by atoms with E-state index in [0.717, 1.165) is 36.9 Å². The van der Waals surface area contributed by atoms with Gasteiger partial charge in [-0.15, -0.1) is 5.10 Å². The van der Waals surface area contributed by atoms with Crippen molar-refractivity contribution < 1.29 is 9.90 Å². The zero-order valence-electron chi connectivity index (χ0n) is 14.2. The van der Waals surface area contributed by atoms with Gasteiger partial charge in [0.15, 0.2) is 5.69 Å². The fourth-order valence-electron chi connectivity index (χ4n) is 3.29. The summed E-state index contributed by atoms with van der Waals surface area (Å²) < 4.78 is 1.61. The van der Waals surface area contributed by atoms with E-state index in [1.807, 2.05) is 31.2 Å². The number of rotatable bonds is 4. The number of nitrogens with zero attached hydrogens (tertiary/aromatic N) is 4. The second-order valence-electron chi connectivity index (χ2n) is 6.68. The van der Waals surface area contributed by atoms with Crippen LogP contribution >= 0.6 is 0 Å². The third kappa shape index (κ3) is 3.64. The number of hydrogen-bond acceptors (Lipinski definition) is 4. The van der Waals surface area contributed by atoms with Crippen LogP contribution in [0.2, 0.25) is 0 Å². The second-order valence-corrected chi connectivity index (χ2v) is 6.68. The molecule has 0 radical (unpaired) electrons. The largest absolute Gasteiger partial charge is 0.393 e. The van der Waals surface area contributed by atoms with Crippen molar-refractivity contribution in [3.63, 3.8) is 0 Å². The van der Waals surface area contributed by atoms with Gasteiger partial charge in [0.05, 0.1) is 18.0 Å². The van der Waals surface area contributed by atoms with Gasteiger partial charge in [0.1, 0.15) is 0 Å². The Morgan fingerprint density at radius 1 is 1.38 bits per heavy atom. The number of aryl methyl sites for hydroxylation is 1. The van der Waals surface area contributed by atoms with Gasteiger partial charge >= 0.3 is 0 Å². The lowest BCUT2D eigenvalue weighted by Crippen LogP contribution is -2.38. The highest BCUT2D eigenvalue weighted by atomic mass is 16.3. The number of carbonyl (C=O) groups excluding carboxylic acids is 1. The summed E-state index contributed by atoms with van der Waals surface area (Å²) in [7, 11) is 1.76. The normalized spacial score (nSPS) is 20.8. The molecule has 0 spiro atoms. The van der Waals surface area contributed by atoms with Crippen molar-refractivity contribution in [1.29, 1.82) is 0 Å². The summed E-state index contributed by atoms with van der Waals surface area (Å²) in [5.41, 5.74) is 2.33. The van der Waals surface area contributed by atoms with Gasteiger partial charge in [0.25, 0.3) is 5.91 Å². The molecular weight excluding hydrogens is 304 g/mol. The zero-order valence-corrected chi connectivity index (χ0v) is 14.2. The average molecular weight is 328 g/mol. The monoisotopic (exact) mass is 328 g/mol. The Labute approximate surface area is 142 Å². The van der Waals surface area contributed by atoms with E-state index in [4.69, 9.17) is 0 Å². The first-order chi connectivity index (χ1) is 11.5. The first kappa shape index (κ1) is 16.6. The van der Waals surface area contributed by atoms with Crippen LogP contribution in [0.3, 0.4) is 0 Å². The maximum absolute atomic E-state index is 12.6. The molecule has 1 heterocycles. The minimum atomic E-state index is -0.308. The smallest absolute Gasteiger partial charge is 0.275 e. The maximum Gasteiger partial charge on any atom is 0.275 e. The fourth-order valence-corrected chi connectivity index (χ4v) is 3.29. The minimum Gasteiger partial charge on any atom is -0.393 e. The van der Waals surface area contributed by atoms with Crippen LogP contribution in [-0.4, -0.2) is 50.6 Å². The number of amides is 1. The summed E-state index contributed by atoms with van der Waals surface area (Å²) in [5.74, 6) is -0.00815. The summed E-state index contributed by atoms with van der Waals surface area (Å²) in [6, 6.07) is 7.88. The topological polar surface area (TPSA) is 71.2 Å². The Balaban J connectivity index is 1.69. The highest BCUT2D eigenvalue weighted by Gasteiger charge is 2.26. The first-order valence-electron chi connectivity index (χ1n) is 8.47. The number of aliphatic hydroxyl groups is 1. The molecule has 6 nitrogen and oxygen atoms in total. The highest BCUT2D eigenvalue weighted by Crippen LogP contribution is 2.25. The molecule has 1 saturated carbocycles. The van der Waals surface area contributed by atoms with E-state index in [1.54, 1.807) is 22.8 Å². The van der Waals surface area contributed by atoms with Crippen molar-refractivity contribution >= 4 is 5.91 Å². The second kappa shape index (κ2) is 7.13. The molecule has 1 aliphatic rings. The molecule has 1 fully saturated rings. The summed E-state index contributed by atoms with van der Waals surface area (Å²) in [4.78, 5) is 14.2. The third-order valence-electron chi connectivity index (χ3n) is 4.70. The summed E-state index contributed by atoms with van der Waals surface area (Å²) in [6.07, 6.45) is 5.33. The SMILES string of the molecule is Cc1cccc(-n2cc(C(=O)N(C)CC3CCCCC3O)nn2)c1. The first-order valence-corrected chi connectivity index (χ1v) is 8.47. The molecule has 3 rings (SSSR count). The Hall–Kier alpha value is -2.21. The molecule has 1 N–H and O–H groups in total. The molecule has 1 aromatic heterocycles. The molecule has 0 bridgehead atoms. The van der Waals surface area contributed by atoms with E-state index in [-0.39, 0.29) is 17.9 Å². The third-order valence-corrected chi connectivity index (χ3v) is 4.70.